The van der Waals surface area contributed by atoms with Crippen molar-refractivity contribution in [3.63, 3.8) is 0 Å². The molecule has 2 N–H and O–H groups in total. The van der Waals surface area contributed by atoms with Crippen molar-refractivity contribution in [3.8, 4) is 0 Å². The maximum Gasteiger partial charge on any atom is 0.305 e. The molecule has 1 amide bonds. The largest absolute Gasteiger partial charge is 0.481 e. The number of amides is 1. The molecule has 1 saturated carbocycles. The van der Waals surface area contributed by atoms with E-state index in [9.17, 15) is 14.0 Å². The minimum absolute atomic E-state index is 0.0395. The lowest BCUT2D eigenvalue weighted by molar-refractivity contribution is -0.140. The van der Waals surface area contributed by atoms with Gasteiger partial charge in [0, 0.05) is 0 Å². The van der Waals surface area contributed by atoms with Gasteiger partial charge in [-0.25, -0.2) is 4.39 Å². The summed E-state index contributed by atoms with van der Waals surface area (Å²) >= 11 is 0. The van der Waals surface area contributed by atoms with E-state index < -0.39 is 11.5 Å². The average molecular weight is 265 g/mol. The Morgan fingerprint density at radius 2 is 1.89 bits per heavy atom. The van der Waals surface area contributed by atoms with E-state index in [1.807, 2.05) is 0 Å². The highest BCUT2D eigenvalue weighted by Gasteiger charge is 2.40. The Hall–Kier alpha value is -1.91. The van der Waals surface area contributed by atoms with Crippen LogP contribution < -0.4 is 5.32 Å². The molecule has 2 rings (SSSR count). The number of aliphatic carboxylic acids is 1. The standard InChI is InChI=1S/C14H16FNO3/c15-11-4-2-10(3-5-11)8-12(17)16-14(6-1-7-14)9-13(18)19/h2-5H,1,6-9H2,(H,16,17)(H,18,19). The molecule has 1 aliphatic carbocycles. The topological polar surface area (TPSA) is 66.4 Å². The Bertz CT molecular complexity index is 480. The van der Waals surface area contributed by atoms with E-state index in [2.05, 4.69) is 5.32 Å². The molecule has 1 aliphatic rings. The molecular formula is C14H16FNO3. The third-order valence-electron chi connectivity index (χ3n) is 3.48. The zero-order chi connectivity index (χ0) is 13.9. The number of halogens is 1. The summed E-state index contributed by atoms with van der Waals surface area (Å²) in [5.41, 5.74) is 0.131. The van der Waals surface area contributed by atoms with E-state index in [1.54, 1.807) is 12.1 Å². The first kappa shape index (κ1) is 13.5. The molecule has 0 saturated heterocycles. The SMILES string of the molecule is O=C(O)CC1(NC(=O)Cc2ccc(F)cc2)CCC1. The van der Waals surface area contributed by atoms with Gasteiger partial charge in [-0.1, -0.05) is 12.1 Å². The maximum absolute atomic E-state index is 12.7. The second-order valence-electron chi connectivity index (χ2n) is 5.06. The van der Waals surface area contributed by atoms with Crippen molar-refractivity contribution in [2.75, 3.05) is 0 Å². The van der Waals surface area contributed by atoms with Crippen LogP contribution in [-0.4, -0.2) is 22.5 Å². The van der Waals surface area contributed by atoms with Crippen LogP contribution in [0.25, 0.3) is 0 Å². The molecule has 4 nitrogen and oxygen atoms in total. The van der Waals surface area contributed by atoms with Crippen LogP contribution in [0.4, 0.5) is 4.39 Å². The van der Waals surface area contributed by atoms with Crippen LogP contribution in [-0.2, 0) is 16.0 Å². The quantitative estimate of drug-likeness (QED) is 0.854. The van der Waals surface area contributed by atoms with E-state index in [4.69, 9.17) is 5.11 Å². The zero-order valence-electron chi connectivity index (χ0n) is 10.5. The number of benzene rings is 1. The molecule has 1 fully saturated rings. The number of hydrogen-bond donors (Lipinski definition) is 2. The van der Waals surface area contributed by atoms with E-state index in [-0.39, 0.29) is 24.6 Å². The second-order valence-corrected chi connectivity index (χ2v) is 5.06. The number of carboxylic acid groups (broad SMARTS) is 1. The molecule has 102 valence electrons. The number of hydrogen-bond acceptors (Lipinski definition) is 2. The van der Waals surface area contributed by atoms with Gasteiger partial charge < -0.3 is 10.4 Å². The first-order valence-corrected chi connectivity index (χ1v) is 6.26. The van der Waals surface area contributed by atoms with Crippen molar-refractivity contribution < 1.29 is 19.1 Å². The van der Waals surface area contributed by atoms with Gasteiger partial charge in [0.2, 0.25) is 5.91 Å². The lowest BCUT2D eigenvalue weighted by Gasteiger charge is -2.41. The molecule has 1 aromatic rings. The molecule has 0 unspecified atom stereocenters. The van der Waals surface area contributed by atoms with Gasteiger partial charge in [-0.05, 0) is 37.0 Å². The summed E-state index contributed by atoms with van der Waals surface area (Å²) in [5.74, 6) is -1.46. The number of nitrogens with one attached hydrogen (secondary N) is 1. The van der Waals surface area contributed by atoms with Crippen molar-refractivity contribution in [1.82, 2.24) is 5.32 Å². The molecule has 0 atom stereocenters. The first-order valence-electron chi connectivity index (χ1n) is 6.26. The highest BCUT2D eigenvalue weighted by molar-refractivity contribution is 5.80. The van der Waals surface area contributed by atoms with Crippen molar-refractivity contribution in [2.24, 2.45) is 0 Å². The molecule has 0 heterocycles. The molecule has 5 heteroatoms. The third kappa shape index (κ3) is 3.53. The summed E-state index contributed by atoms with van der Waals surface area (Å²) in [6, 6.07) is 5.72. The predicted octanol–water partition coefficient (Wildman–Crippen LogP) is 1.88. The number of carbonyl (C=O) groups excluding carboxylic acids is 1. The van der Waals surface area contributed by atoms with E-state index in [0.717, 1.165) is 6.42 Å². The normalized spacial score (nSPS) is 16.5. The molecule has 1 aromatic carbocycles. The van der Waals surface area contributed by atoms with Gasteiger partial charge in [0.05, 0.1) is 18.4 Å². The Morgan fingerprint density at radius 1 is 1.26 bits per heavy atom. The van der Waals surface area contributed by atoms with Crippen LogP contribution >= 0.6 is 0 Å². The van der Waals surface area contributed by atoms with Crippen molar-refractivity contribution >= 4 is 11.9 Å². The minimum Gasteiger partial charge on any atom is -0.481 e. The molecule has 19 heavy (non-hydrogen) atoms. The van der Waals surface area contributed by atoms with E-state index in [0.29, 0.717) is 18.4 Å². The van der Waals surface area contributed by atoms with Crippen molar-refractivity contribution in [1.29, 1.82) is 0 Å². The van der Waals surface area contributed by atoms with Gasteiger partial charge in [-0.15, -0.1) is 0 Å². The third-order valence-corrected chi connectivity index (χ3v) is 3.48. The van der Waals surface area contributed by atoms with Gasteiger partial charge in [0.1, 0.15) is 5.82 Å². The average Bonchev–Trinajstić information content (AvgIpc) is 2.28. The Balaban J connectivity index is 1.93. The highest BCUT2D eigenvalue weighted by Crippen LogP contribution is 2.34. The monoisotopic (exact) mass is 265 g/mol. The van der Waals surface area contributed by atoms with Gasteiger partial charge in [0.25, 0.3) is 0 Å². The first-order chi connectivity index (χ1) is 8.99. The van der Waals surface area contributed by atoms with Crippen LogP contribution in [0, 0.1) is 5.82 Å². The Morgan fingerprint density at radius 3 is 2.37 bits per heavy atom. The lowest BCUT2D eigenvalue weighted by atomic mass is 9.74. The Kier molecular flexibility index (Phi) is 3.83. The fourth-order valence-corrected chi connectivity index (χ4v) is 2.37. The van der Waals surface area contributed by atoms with Gasteiger partial charge in [0.15, 0.2) is 0 Å². The van der Waals surface area contributed by atoms with Crippen LogP contribution in [0.5, 0.6) is 0 Å². The smallest absolute Gasteiger partial charge is 0.305 e. The fraction of sp³-hybridized carbons (Fsp3) is 0.429. The van der Waals surface area contributed by atoms with E-state index in [1.165, 1.54) is 12.1 Å². The summed E-state index contributed by atoms with van der Waals surface area (Å²) in [6.07, 6.45) is 2.44. The number of rotatable bonds is 5. The summed E-state index contributed by atoms with van der Waals surface area (Å²) in [5, 5.41) is 11.7. The van der Waals surface area contributed by atoms with Crippen molar-refractivity contribution in [2.45, 2.75) is 37.6 Å². The highest BCUT2D eigenvalue weighted by atomic mass is 19.1. The van der Waals surface area contributed by atoms with Crippen molar-refractivity contribution in [3.05, 3.63) is 35.6 Å². The fourth-order valence-electron chi connectivity index (χ4n) is 2.37. The predicted molar refractivity (Wildman–Crippen MR) is 67.1 cm³/mol. The van der Waals surface area contributed by atoms with Crippen LogP contribution in [0.15, 0.2) is 24.3 Å². The van der Waals surface area contributed by atoms with Crippen LogP contribution in [0.2, 0.25) is 0 Å². The minimum atomic E-state index is -0.901. The van der Waals surface area contributed by atoms with E-state index >= 15 is 0 Å². The molecule has 0 spiro atoms. The summed E-state index contributed by atoms with van der Waals surface area (Å²) in [7, 11) is 0. The number of carbonyl (C=O) groups is 2. The van der Waals surface area contributed by atoms with Crippen LogP contribution in [0.1, 0.15) is 31.2 Å². The van der Waals surface area contributed by atoms with Gasteiger partial charge in [-0.3, -0.25) is 9.59 Å². The number of carboxylic acids is 1. The zero-order valence-corrected chi connectivity index (χ0v) is 10.5. The summed E-state index contributed by atoms with van der Waals surface area (Å²) < 4.78 is 12.7. The summed E-state index contributed by atoms with van der Waals surface area (Å²) in [6.45, 7) is 0. The summed E-state index contributed by atoms with van der Waals surface area (Å²) in [4.78, 5) is 22.7. The maximum atomic E-state index is 12.7. The Labute approximate surface area is 110 Å². The lowest BCUT2D eigenvalue weighted by Crippen LogP contribution is -2.55. The molecule has 0 bridgehead atoms. The molecule has 0 aromatic heterocycles. The van der Waals surface area contributed by atoms with Gasteiger partial charge >= 0.3 is 5.97 Å². The van der Waals surface area contributed by atoms with Gasteiger partial charge in [-0.2, -0.15) is 0 Å². The molecule has 0 aliphatic heterocycles. The molecular weight excluding hydrogens is 249 g/mol. The molecule has 0 radical (unpaired) electrons. The second kappa shape index (κ2) is 5.38. The van der Waals surface area contributed by atoms with Crippen LogP contribution in [0.3, 0.4) is 0 Å².